The maximum absolute atomic E-state index is 12.4. The Balaban J connectivity index is 1.80. The molecule has 0 atom stereocenters. The number of aryl methyl sites for hydroxylation is 2. The summed E-state index contributed by atoms with van der Waals surface area (Å²) in [6.45, 7) is 2.42. The molecule has 6 nitrogen and oxygen atoms in total. The van der Waals surface area contributed by atoms with Crippen LogP contribution in [-0.2, 0) is 13.6 Å². The summed E-state index contributed by atoms with van der Waals surface area (Å²) < 4.78 is 4.33. The van der Waals surface area contributed by atoms with Crippen molar-refractivity contribution in [1.29, 1.82) is 0 Å². The molecule has 0 aliphatic rings. The minimum atomic E-state index is -0.207. The summed E-state index contributed by atoms with van der Waals surface area (Å²) in [6, 6.07) is 11.5. The van der Waals surface area contributed by atoms with Crippen LogP contribution in [0.3, 0.4) is 0 Å². The summed E-state index contributed by atoms with van der Waals surface area (Å²) in [5.74, 6) is 0.437. The molecule has 0 spiro atoms. The van der Waals surface area contributed by atoms with Crippen molar-refractivity contribution in [3.63, 3.8) is 0 Å². The van der Waals surface area contributed by atoms with E-state index in [-0.39, 0.29) is 5.91 Å². The van der Waals surface area contributed by atoms with Crippen molar-refractivity contribution in [3.8, 4) is 0 Å². The molecule has 0 fully saturated rings. The molecule has 2 heterocycles. The first-order valence-corrected chi connectivity index (χ1v) is 7.91. The normalized spacial score (nSPS) is 10.7. The van der Waals surface area contributed by atoms with Gasteiger partial charge in [-0.1, -0.05) is 34.1 Å². The number of carbonyl (C=O) groups is 1. The number of hydrogen-bond donors (Lipinski definition) is 1. The van der Waals surface area contributed by atoms with Crippen LogP contribution in [-0.4, -0.2) is 25.5 Å². The van der Waals surface area contributed by atoms with E-state index in [0.717, 1.165) is 15.7 Å². The zero-order chi connectivity index (χ0) is 16.4. The minimum absolute atomic E-state index is 0.207. The fraction of sp³-hybridized carbons (Fsp3) is 0.188. The number of rotatable bonds is 4. The van der Waals surface area contributed by atoms with Gasteiger partial charge in [0, 0.05) is 17.6 Å². The van der Waals surface area contributed by atoms with Gasteiger partial charge in [0.1, 0.15) is 11.5 Å². The van der Waals surface area contributed by atoms with Crippen LogP contribution >= 0.6 is 15.9 Å². The van der Waals surface area contributed by atoms with Gasteiger partial charge in [0.25, 0.3) is 5.91 Å². The second-order valence-corrected chi connectivity index (χ2v) is 6.07. The number of halogens is 1. The van der Waals surface area contributed by atoms with Gasteiger partial charge in [-0.15, -0.1) is 0 Å². The summed E-state index contributed by atoms with van der Waals surface area (Å²) in [4.78, 5) is 12.4. The van der Waals surface area contributed by atoms with Gasteiger partial charge in [-0.25, -0.2) is 4.68 Å². The standard InChI is InChI=1S/C16H16BrN5O/c1-11-9-14(21(2)20-11)16(23)19-15-7-8-18-22(15)10-12-5-3-4-6-13(12)17/h3-9H,10H2,1-2H3,(H,19,23). The van der Waals surface area contributed by atoms with Crippen LogP contribution in [0.2, 0.25) is 0 Å². The quantitative estimate of drug-likeness (QED) is 0.764. The third-order valence-corrected chi connectivity index (χ3v) is 4.24. The van der Waals surface area contributed by atoms with Gasteiger partial charge in [-0.05, 0) is 24.6 Å². The van der Waals surface area contributed by atoms with Gasteiger partial charge in [0.15, 0.2) is 0 Å². The highest BCUT2D eigenvalue weighted by atomic mass is 79.9. The maximum atomic E-state index is 12.4. The number of benzene rings is 1. The van der Waals surface area contributed by atoms with Crippen LogP contribution in [0.15, 0.2) is 47.1 Å². The molecule has 118 valence electrons. The second kappa shape index (κ2) is 6.37. The Morgan fingerprint density at radius 3 is 2.78 bits per heavy atom. The number of nitrogens with one attached hydrogen (secondary N) is 1. The van der Waals surface area contributed by atoms with Crippen molar-refractivity contribution in [1.82, 2.24) is 19.6 Å². The molecular formula is C16H16BrN5O. The lowest BCUT2D eigenvalue weighted by atomic mass is 10.2. The van der Waals surface area contributed by atoms with E-state index in [9.17, 15) is 4.79 Å². The van der Waals surface area contributed by atoms with E-state index in [4.69, 9.17) is 0 Å². The third-order valence-electron chi connectivity index (χ3n) is 3.47. The average molecular weight is 374 g/mol. The number of aromatic nitrogens is 4. The number of amides is 1. The van der Waals surface area contributed by atoms with E-state index in [1.807, 2.05) is 31.2 Å². The first kappa shape index (κ1) is 15.5. The Hall–Kier alpha value is -2.41. The molecule has 23 heavy (non-hydrogen) atoms. The molecule has 0 bridgehead atoms. The van der Waals surface area contributed by atoms with Crippen molar-refractivity contribution >= 4 is 27.7 Å². The molecule has 0 radical (unpaired) electrons. The van der Waals surface area contributed by atoms with E-state index in [2.05, 4.69) is 31.4 Å². The van der Waals surface area contributed by atoms with Gasteiger partial charge < -0.3 is 5.32 Å². The lowest BCUT2D eigenvalue weighted by Crippen LogP contribution is -2.19. The smallest absolute Gasteiger partial charge is 0.275 e. The number of nitrogens with zero attached hydrogens (tertiary/aromatic N) is 4. The SMILES string of the molecule is Cc1cc(C(=O)Nc2ccnn2Cc2ccccc2Br)n(C)n1. The van der Waals surface area contributed by atoms with Gasteiger partial charge in [-0.2, -0.15) is 10.2 Å². The highest BCUT2D eigenvalue weighted by Crippen LogP contribution is 2.19. The Bertz CT molecular complexity index is 852. The van der Waals surface area contributed by atoms with Crippen molar-refractivity contribution in [2.75, 3.05) is 5.32 Å². The van der Waals surface area contributed by atoms with Crippen molar-refractivity contribution < 1.29 is 4.79 Å². The van der Waals surface area contributed by atoms with Crippen molar-refractivity contribution in [2.45, 2.75) is 13.5 Å². The summed E-state index contributed by atoms with van der Waals surface area (Å²) >= 11 is 3.53. The fourth-order valence-electron chi connectivity index (χ4n) is 2.36. The van der Waals surface area contributed by atoms with Gasteiger partial charge >= 0.3 is 0 Å². The molecule has 0 aliphatic heterocycles. The van der Waals surface area contributed by atoms with E-state index in [0.29, 0.717) is 18.1 Å². The molecule has 0 saturated heterocycles. The van der Waals surface area contributed by atoms with Crippen LogP contribution in [0.1, 0.15) is 21.7 Å². The molecule has 0 unspecified atom stereocenters. The molecule has 0 saturated carbocycles. The molecule has 3 rings (SSSR count). The molecule has 2 aromatic heterocycles. The van der Waals surface area contributed by atoms with Crippen LogP contribution in [0.5, 0.6) is 0 Å². The zero-order valence-electron chi connectivity index (χ0n) is 12.8. The Labute approximate surface area is 142 Å². The van der Waals surface area contributed by atoms with Crippen LogP contribution in [0, 0.1) is 6.92 Å². The number of anilines is 1. The van der Waals surface area contributed by atoms with Crippen molar-refractivity contribution in [2.24, 2.45) is 7.05 Å². The number of hydrogen-bond acceptors (Lipinski definition) is 3. The fourth-order valence-corrected chi connectivity index (χ4v) is 2.77. The monoisotopic (exact) mass is 373 g/mol. The van der Waals surface area contributed by atoms with Crippen LogP contribution < -0.4 is 5.32 Å². The highest BCUT2D eigenvalue weighted by molar-refractivity contribution is 9.10. The van der Waals surface area contributed by atoms with Gasteiger partial charge in [-0.3, -0.25) is 9.48 Å². The molecule has 0 aliphatic carbocycles. The minimum Gasteiger partial charge on any atom is -0.305 e. The van der Waals surface area contributed by atoms with Crippen LogP contribution in [0.25, 0.3) is 0 Å². The molecule has 1 amide bonds. The predicted octanol–water partition coefficient (Wildman–Crippen LogP) is 2.99. The molecule has 7 heteroatoms. The van der Waals surface area contributed by atoms with Gasteiger partial charge in [0.2, 0.25) is 0 Å². The van der Waals surface area contributed by atoms with Crippen LogP contribution in [0.4, 0.5) is 5.82 Å². The molecule has 1 N–H and O–H groups in total. The average Bonchev–Trinajstić information content (AvgIpc) is 3.08. The van der Waals surface area contributed by atoms with E-state index in [1.54, 1.807) is 34.7 Å². The second-order valence-electron chi connectivity index (χ2n) is 5.21. The lowest BCUT2D eigenvalue weighted by molar-refractivity contribution is 0.101. The van der Waals surface area contributed by atoms with E-state index in [1.165, 1.54) is 0 Å². The first-order chi connectivity index (χ1) is 11.0. The van der Waals surface area contributed by atoms with Crippen molar-refractivity contribution in [3.05, 3.63) is 64.0 Å². The number of carbonyl (C=O) groups excluding carboxylic acids is 1. The summed E-state index contributed by atoms with van der Waals surface area (Å²) in [6.07, 6.45) is 1.67. The van der Waals surface area contributed by atoms with E-state index >= 15 is 0 Å². The summed E-state index contributed by atoms with van der Waals surface area (Å²) in [5.41, 5.74) is 2.40. The zero-order valence-corrected chi connectivity index (χ0v) is 14.4. The molecule has 3 aromatic rings. The molecular weight excluding hydrogens is 358 g/mol. The Morgan fingerprint density at radius 2 is 2.09 bits per heavy atom. The Morgan fingerprint density at radius 1 is 1.30 bits per heavy atom. The molecule has 1 aromatic carbocycles. The summed E-state index contributed by atoms with van der Waals surface area (Å²) in [5, 5.41) is 11.4. The third kappa shape index (κ3) is 3.34. The first-order valence-electron chi connectivity index (χ1n) is 7.12. The lowest BCUT2D eigenvalue weighted by Gasteiger charge is -2.10. The topological polar surface area (TPSA) is 64.7 Å². The van der Waals surface area contributed by atoms with Gasteiger partial charge in [0.05, 0.1) is 18.4 Å². The predicted molar refractivity (Wildman–Crippen MR) is 91.4 cm³/mol. The Kier molecular flexibility index (Phi) is 4.29. The maximum Gasteiger partial charge on any atom is 0.275 e. The highest BCUT2D eigenvalue weighted by Gasteiger charge is 2.14. The largest absolute Gasteiger partial charge is 0.305 e. The van der Waals surface area contributed by atoms with E-state index < -0.39 is 0 Å². The summed E-state index contributed by atoms with van der Waals surface area (Å²) in [7, 11) is 1.75.